The maximum absolute atomic E-state index is 12.5. The second-order valence-corrected chi connectivity index (χ2v) is 7.79. The molecule has 2 aromatic rings. The van der Waals surface area contributed by atoms with Crippen molar-refractivity contribution in [1.82, 2.24) is 0 Å². The average Bonchev–Trinajstić information content (AvgIpc) is 2.62. The van der Waals surface area contributed by atoms with Crippen LogP contribution < -0.4 is 0 Å². The highest BCUT2D eigenvalue weighted by Crippen LogP contribution is 2.41. The standard InChI is InChI=1S/C22H27NO7/c1-14-9-15(2)11-16(10-14)20-18(24)12-17(13-19(20)25)22(3,4)21(26)29-7-5-6-8-30-23(27)28/h9-13,24-25H,5-8H2,1-4H3. The third-order valence-corrected chi connectivity index (χ3v) is 4.81. The van der Waals surface area contributed by atoms with E-state index in [0.717, 1.165) is 11.1 Å². The molecule has 0 aromatic heterocycles. The van der Waals surface area contributed by atoms with Gasteiger partial charge in [0, 0.05) is 0 Å². The first-order valence-corrected chi connectivity index (χ1v) is 9.62. The van der Waals surface area contributed by atoms with Gasteiger partial charge in [0.2, 0.25) is 0 Å². The summed E-state index contributed by atoms with van der Waals surface area (Å²) in [5.41, 5.74) is 2.29. The summed E-state index contributed by atoms with van der Waals surface area (Å²) < 4.78 is 5.27. The Labute approximate surface area is 175 Å². The molecule has 2 aromatic carbocycles. The van der Waals surface area contributed by atoms with Crippen LogP contribution >= 0.6 is 0 Å². The van der Waals surface area contributed by atoms with E-state index in [0.29, 0.717) is 29.5 Å². The summed E-state index contributed by atoms with van der Waals surface area (Å²) in [6.07, 6.45) is 0.790. The molecule has 0 bridgehead atoms. The molecule has 0 saturated carbocycles. The molecule has 0 radical (unpaired) electrons. The van der Waals surface area contributed by atoms with Gasteiger partial charge < -0.3 is 19.8 Å². The molecule has 0 aliphatic rings. The number of phenolic OH excluding ortho intramolecular Hbond substituents is 2. The number of aryl methyl sites for hydroxylation is 2. The quantitative estimate of drug-likeness (QED) is 0.272. The predicted molar refractivity (Wildman–Crippen MR) is 111 cm³/mol. The lowest BCUT2D eigenvalue weighted by atomic mass is 9.83. The smallest absolute Gasteiger partial charge is 0.315 e. The van der Waals surface area contributed by atoms with Crippen LogP contribution in [-0.2, 0) is 19.8 Å². The Bertz CT molecular complexity index is 894. The Kier molecular flexibility index (Phi) is 7.26. The molecule has 0 aliphatic heterocycles. The molecule has 0 saturated heterocycles. The van der Waals surface area contributed by atoms with E-state index in [2.05, 4.69) is 4.84 Å². The topological polar surface area (TPSA) is 119 Å². The summed E-state index contributed by atoms with van der Waals surface area (Å²) in [6.45, 7) is 7.16. The van der Waals surface area contributed by atoms with Crippen LogP contribution in [0.4, 0.5) is 0 Å². The zero-order chi connectivity index (χ0) is 22.5. The van der Waals surface area contributed by atoms with Gasteiger partial charge >= 0.3 is 5.97 Å². The largest absolute Gasteiger partial charge is 0.507 e. The Morgan fingerprint density at radius 3 is 2.07 bits per heavy atom. The van der Waals surface area contributed by atoms with E-state index >= 15 is 0 Å². The van der Waals surface area contributed by atoms with Gasteiger partial charge in [-0.1, -0.05) is 29.3 Å². The van der Waals surface area contributed by atoms with E-state index in [9.17, 15) is 25.1 Å². The minimum absolute atomic E-state index is 0.0599. The number of esters is 1. The summed E-state index contributed by atoms with van der Waals surface area (Å²) in [6, 6.07) is 8.64. The molecule has 162 valence electrons. The lowest BCUT2D eigenvalue weighted by Crippen LogP contribution is -2.31. The van der Waals surface area contributed by atoms with Crippen molar-refractivity contribution < 1.29 is 29.7 Å². The first-order valence-electron chi connectivity index (χ1n) is 9.62. The molecule has 0 amide bonds. The van der Waals surface area contributed by atoms with Crippen LogP contribution in [0.1, 0.15) is 43.4 Å². The minimum Gasteiger partial charge on any atom is -0.507 e. The Morgan fingerprint density at radius 2 is 1.53 bits per heavy atom. The van der Waals surface area contributed by atoms with Crippen LogP contribution in [0.2, 0.25) is 0 Å². The van der Waals surface area contributed by atoms with Gasteiger partial charge in [0.15, 0.2) is 0 Å². The molecule has 0 heterocycles. The van der Waals surface area contributed by atoms with Crippen molar-refractivity contribution in [2.24, 2.45) is 0 Å². The molecule has 2 rings (SSSR count). The van der Waals surface area contributed by atoms with Gasteiger partial charge in [-0.3, -0.25) is 4.79 Å². The fraction of sp³-hybridized carbons (Fsp3) is 0.409. The van der Waals surface area contributed by atoms with Crippen molar-refractivity contribution in [1.29, 1.82) is 0 Å². The average molecular weight is 417 g/mol. The minimum atomic E-state index is -1.12. The van der Waals surface area contributed by atoms with Crippen LogP contribution in [0.3, 0.4) is 0 Å². The van der Waals surface area contributed by atoms with Gasteiger partial charge in [-0.2, -0.15) is 0 Å². The van der Waals surface area contributed by atoms with Crippen molar-refractivity contribution in [3.05, 3.63) is 57.1 Å². The maximum Gasteiger partial charge on any atom is 0.315 e. The maximum atomic E-state index is 12.5. The first-order chi connectivity index (χ1) is 14.0. The number of ether oxygens (including phenoxy) is 1. The fourth-order valence-electron chi connectivity index (χ4n) is 3.19. The molecule has 2 N–H and O–H groups in total. The number of hydrogen-bond acceptors (Lipinski definition) is 7. The SMILES string of the molecule is Cc1cc(C)cc(-c2c(O)cc(C(C)(C)C(=O)OCCCCO[N+](=O)[O-])cc2O)c1. The molecule has 0 unspecified atom stereocenters. The van der Waals surface area contributed by atoms with E-state index in [4.69, 9.17) is 4.74 Å². The van der Waals surface area contributed by atoms with Crippen LogP contribution in [0, 0.1) is 24.0 Å². The van der Waals surface area contributed by atoms with Crippen LogP contribution in [0.25, 0.3) is 11.1 Å². The second kappa shape index (κ2) is 9.47. The highest BCUT2D eigenvalue weighted by molar-refractivity contribution is 5.85. The molecule has 0 spiro atoms. The number of nitrogens with zero attached hydrogens (tertiary/aromatic N) is 1. The first kappa shape index (κ1) is 23.0. The lowest BCUT2D eigenvalue weighted by molar-refractivity contribution is -0.757. The molecule has 8 heteroatoms. The zero-order valence-corrected chi connectivity index (χ0v) is 17.6. The number of hydrogen-bond donors (Lipinski definition) is 2. The van der Waals surface area contributed by atoms with Gasteiger partial charge in [-0.15, -0.1) is 10.1 Å². The third kappa shape index (κ3) is 5.62. The fourth-order valence-corrected chi connectivity index (χ4v) is 3.19. The molecule has 0 aliphatic carbocycles. The molecule has 30 heavy (non-hydrogen) atoms. The highest BCUT2D eigenvalue weighted by Gasteiger charge is 2.33. The molecule has 0 fully saturated rings. The molecular formula is C22H27NO7. The summed E-state index contributed by atoms with van der Waals surface area (Å²) in [4.78, 5) is 26.8. The summed E-state index contributed by atoms with van der Waals surface area (Å²) in [7, 11) is 0. The van der Waals surface area contributed by atoms with Gasteiger partial charge in [0.05, 0.1) is 24.2 Å². The Morgan fingerprint density at radius 1 is 1.00 bits per heavy atom. The zero-order valence-electron chi connectivity index (χ0n) is 17.6. The van der Waals surface area contributed by atoms with Crippen molar-refractivity contribution in [2.45, 2.75) is 46.0 Å². The highest BCUT2D eigenvalue weighted by atomic mass is 16.9. The number of phenols is 2. The normalized spacial score (nSPS) is 11.2. The Hall–Kier alpha value is -3.29. The summed E-state index contributed by atoms with van der Waals surface area (Å²) >= 11 is 0. The summed E-state index contributed by atoms with van der Waals surface area (Å²) in [5.74, 6) is -0.795. The van der Waals surface area contributed by atoms with Crippen LogP contribution in [0.5, 0.6) is 11.5 Å². The number of carbonyl (C=O) groups excluding carboxylic acids is 1. The van der Waals surface area contributed by atoms with Crippen molar-refractivity contribution in [3.8, 4) is 22.6 Å². The number of unbranched alkanes of at least 4 members (excludes halogenated alkanes) is 1. The van der Waals surface area contributed by atoms with E-state index in [1.165, 1.54) is 12.1 Å². The van der Waals surface area contributed by atoms with E-state index in [-0.39, 0.29) is 24.7 Å². The van der Waals surface area contributed by atoms with E-state index in [1.807, 2.05) is 32.0 Å². The lowest BCUT2D eigenvalue weighted by Gasteiger charge is -2.24. The van der Waals surface area contributed by atoms with Gasteiger partial charge in [-0.05, 0) is 63.8 Å². The summed E-state index contributed by atoms with van der Waals surface area (Å²) in [5, 5.41) is 30.4. The Balaban J connectivity index is 2.14. The second-order valence-electron chi connectivity index (χ2n) is 7.79. The van der Waals surface area contributed by atoms with Crippen molar-refractivity contribution >= 4 is 5.97 Å². The van der Waals surface area contributed by atoms with E-state index in [1.54, 1.807) is 13.8 Å². The predicted octanol–water partition coefficient (Wildman–Crippen LogP) is 4.19. The van der Waals surface area contributed by atoms with Gasteiger partial charge in [-0.25, -0.2) is 0 Å². The molecule has 0 atom stereocenters. The monoisotopic (exact) mass is 417 g/mol. The van der Waals surface area contributed by atoms with Crippen molar-refractivity contribution in [2.75, 3.05) is 13.2 Å². The van der Waals surface area contributed by atoms with Gasteiger partial charge in [0.25, 0.3) is 5.09 Å². The number of rotatable bonds is 9. The van der Waals surface area contributed by atoms with Crippen LogP contribution in [-0.4, -0.2) is 34.5 Å². The van der Waals surface area contributed by atoms with E-state index < -0.39 is 16.5 Å². The number of aromatic hydroxyl groups is 2. The third-order valence-electron chi connectivity index (χ3n) is 4.81. The van der Waals surface area contributed by atoms with Crippen LogP contribution in [0.15, 0.2) is 30.3 Å². The van der Waals surface area contributed by atoms with Gasteiger partial charge in [0.1, 0.15) is 11.5 Å². The number of carbonyl (C=O) groups is 1. The number of benzene rings is 2. The molecule has 8 nitrogen and oxygen atoms in total. The van der Waals surface area contributed by atoms with Crippen molar-refractivity contribution in [3.63, 3.8) is 0 Å². The molecular weight excluding hydrogens is 390 g/mol.